The highest BCUT2D eigenvalue weighted by atomic mass is 35.5. The van der Waals surface area contributed by atoms with Gasteiger partial charge in [0.1, 0.15) is 0 Å². The smallest absolute Gasteiger partial charge is 0.231 e. The summed E-state index contributed by atoms with van der Waals surface area (Å²) < 4.78 is 3.85. The first-order valence-electron chi connectivity index (χ1n) is 9.64. The molecule has 0 radical (unpaired) electrons. The van der Waals surface area contributed by atoms with E-state index < -0.39 is 0 Å². The molecule has 0 spiro atoms. The number of aryl methyl sites for hydroxylation is 2. The summed E-state index contributed by atoms with van der Waals surface area (Å²) in [6.07, 6.45) is 4.46. The first kappa shape index (κ1) is 20.4. The predicted molar refractivity (Wildman–Crippen MR) is 113 cm³/mol. The molecular formula is C20H27ClN6O. The number of benzene rings is 1. The third-order valence-electron chi connectivity index (χ3n) is 5.30. The van der Waals surface area contributed by atoms with Crippen LogP contribution >= 0.6 is 12.4 Å². The standard InChI is InChI=1S/C20H26N6O.ClH/c1-3-26-13-15(16-6-4-5-7-17(16)26)12-18(27)22-20-23-19(24-25(20)2)14-8-10-21-11-9-14;/h4-7,13-14,21H,3,8-12H2,1-2H3,(H,22,23,24,27);1H. The Balaban J connectivity index is 0.00000225. The van der Waals surface area contributed by atoms with Crippen molar-refractivity contribution in [1.82, 2.24) is 24.6 Å². The second kappa shape index (κ2) is 8.75. The van der Waals surface area contributed by atoms with E-state index in [0.29, 0.717) is 18.3 Å². The quantitative estimate of drug-likeness (QED) is 0.688. The fraction of sp³-hybridized carbons (Fsp3) is 0.450. The molecule has 3 aromatic rings. The predicted octanol–water partition coefficient (Wildman–Crippen LogP) is 2.86. The Kier molecular flexibility index (Phi) is 6.36. The second-order valence-corrected chi connectivity index (χ2v) is 7.12. The molecular weight excluding hydrogens is 376 g/mol. The summed E-state index contributed by atoms with van der Waals surface area (Å²) in [5, 5.41) is 11.9. The molecule has 0 bridgehead atoms. The molecule has 4 rings (SSSR count). The Morgan fingerprint density at radius 3 is 2.79 bits per heavy atom. The number of halogens is 1. The minimum Gasteiger partial charge on any atom is -0.347 e. The highest BCUT2D eigenvalue weighted by molar-refractivity contribution is 5.95. The zero-order valence-corrected chi connectivity index (χ0v) is 17.1. The van der Waals surface area contributed by atoms with E-state index in [9.17, 15) is 4.79 Å². The SMILES string of the molecule is CCn1cc(CC(=O)Nc2nc(C3CCNCC3)nn2C)c2ccccc21.Cl. The summed E-state index contributed by atoms with van der Waals surface area (Å²) in [5.74, 6) is 1.65. The van der Waals surface area contributed by atoms with E-state index in [1.54, 1.807) is 4.68 Å². The number of hydrogen-bond acceptors (Lipinski definition) is 4. The Labute approximate surface area is 170 Å². The first-order valence-corrected chi connectivity index (χ1v) is 9.64. The van der Waals surface area contributed by atoms with Crippen LogP contribution < -0.4 is 10.6 Å². The number of nitrogens with zero attached hydrogens (tertiary/aromatic N) is 4. The lowest BCUT2D eigenvalue weighted by Gasteiger charge is -2.19. The van der Waals surface area contributed by atoms with Crippen LogP contribution in [0.1, 0.15) is 37.1 Å². The van der Waals surface area contributed by atoms with Crippen molar-refractivity contribution >= 4 is 35.2 Å². The maximum atomic E-state index is 12.6. The zero-order chi connectivity index (χ0) is 18.8. The van der Waals surface area contributed by atoms with E-state index >= 15 is 0 Å². The van der Waals surface area contributed by atoms with Crippen molar-refractivity contribution in [1.29, 1.82) is 0 Å². The van der Waals surface area contributed by atoms with E-state index in [2.05, 4.69) is 50.5 Å². The van der Waals surface area contributed by atoms with Gasteiger partial charge in [-0.05, 0) is 44.5 Å². The van der Waals surface area contributed by atoms with Crippen LogP contribution in [0.3, 0.4) is 0 Å². The van der Waals surface area contributed by atoms with Crippen LogP contribution in [0, 0.1) is 0 Å². The first-order chi connectivity index (χ1) is 13.2. The molecule has 1 aliphatic rings. The van der Waals surface area contributed by atoms with E-state index in [-0.39, 0.29) is 18.3 Å². The number of hydrogen-bond donors (Lipinski definition) is 2. The van der Waals surface area contributed by atoms with Crippen molar-refractivity contribution in [3.63, 3.8) is 0 Å². The number of aromatic nitrogens is 4. The maximum Gasteiger partial charge on any atom is 0.231 e. The van der Waals surface area contributed by atoms with Crippen molar-refractivity contribution in [2.75, 3.05) is 18.4 Å². The van der Waals surface area contributed by atoms with Gasteiger partial charge in [-0.3, -0.25) is 10.1 Å². The molecule has 28 heavy (non-hydrogen) atoms. The number of carbonyl (C=O) groups is 1. The molecule has 1 amide bonds. The number of anilines is 1. The fourth-order valence-electron chi connectivity index (χ4n) is 3.83. The van der Waals surface area contributed by atoms with Crippen LogP contribution in [-0.4, -0.2) is 38.3 Å². The van der Waals surface area contributed by atoms with Crippen LogP contribution in [-0.2, 0) is 24.8 Å². The van der Waals surface area contributed by atoms with Gasteiger partial charge >= 0.3 is 0 Å². The summed E-state index contributed by atoms with van der Waals surface area (Å²) in [6.45, 7) is 4.97. The molecule has 1 aliphatic heterocycles. The highest BCUT2D eigenvalue weighted by Crippen LogP contribution is 2.24. The average Bonchev–Trinajstić information content (AvgIpc) is 3.23. The molecule has 0 aliphatic carbocycles. The number of piperidine rings is 1. The van der Waals surface area contributed by atoms with Crippen LogP contribution in [0.15, 0.2) is 30.5 Å². The van der Waals surface area contributed by atoms with Gasteiger partial charge in [0.2, 0.25) is 11.9 Å². The van der Waals surface area contributed by atoms with E-state index in [1.165, 1.54) is 0 Å². The molecule has 2 N–H and O–H groups in total. The molecule has 7 nitrogen and oxygen atoms in total. The van der Waals surface area contributed by atoms with Gasteiger partial charge in [-0.2, -0.15) is 10.1 Å². The molecule has 8 heteroatoms. The van der Waals surface area contributed by atoms with Gasteiger partial charge in [0.05, 0.1) is 6.42 Å². The molecule has 2 aromatic heterocycles. The lowest BCUT2D eigenvalue weighted by molar-refractivity contribution is -0.115. The summed E-state index contributed by atoms with van der Waals surface area (Å²) >= 11 is 0. The number of amides is 1. The van der Waals surface area contributed by atoms with Crippen LogP contribution in [0.25, 0.3) is 10.9 Å². The van der Waals surface area contributed by atoms with Gasteiger partial charge in [-0.15, -0.1) is 12.4 Å². The van der Waals surface area contributed by atoms with Gasteiger partial charge in [0.15, 0.2) is 5.82 Å². The van der Waals surface area contributed by atoms with Crippen molar-refractivity contribution in [2.24, 2.45) is 7.05 Å². The molecule has 1 aromatic carbocycles. The van der Waals surface area contributed by atoms with E-state index in [0.717, 1.165) is 54.8 Å². The third kappa shape index (κ3) is 4.05. The van der Waals surface area contributed by atoms with Crippen LogP contribution in [0.5, 0.6) is 0 Å². The molecule has 0 atom stereocenters. The highest BCUT2D eigenvalue weighted by Gasteiger charge is 2.21. The molecule has 150 valence electrons. The minimum atomic E-state index is -0.0682. The Morgan fingerprint density at radius 2 is 2.04 bits per heavy atom. The fourth-order valence-corrected chi connectivity index (χ4v) is 3.83. The summed E-state index contributed by atoms with van der Waals surface area (Å²) in [7, 11) is 1.83. The topological polar surface area (TPSA) is 76.8 Å². The lowest BCUT2D eigenvalue weighted by atomic mass is 9.98. The van der Waals surface area contributed by atoms with Crippen molar-refractivity contribution < 1.29 is 4.79 Å². The normalized spacial score (nSPS) is 14.8. The largest absolute Gasteiger partial charge is 0.347 e. The number of fused-ring (bicyclic) bond motifs is 1. The third-order valence-corrected chi connectivity index (χ3v) is 5.30. The van der Waals surface area contributed by atoms with Gasteiger partial charge < -0.3 is 9.88 Å². The summed E-state index contributed by atoms with van der Waals surface area (Å²) in [6, 6.07) is 8.20. The minimum absolute atomic E-state index is 0. The molecule has 0 saturated carbocycles. The van der Waals surface area contributed by atoms with Gasteiger partial charge in [-0.1, -0.05) is 18.2 Å². The average molecular weight is 403 g/mol. The molecule has 3 heterocycles. The van der Waals surface area contributed by atoms with Crippen LogP contribution in [0.4, 0.5) is 5.95 Å². The number of para-hydroxylation sites is 1. The monoisotopic (exact) mass is 402 g/mol. The Bertz CT molecular complexity index is 957. The van der Waals surface area contributed by atoms with Gasteiger partial charge in [0, 0.05) is 36.6 Å². The Morgan fingerprint density at radius 1 is 1.29 bits per heavy atom. The Hall–Kier alpha value is -2.38. The zero-order valence-electron chi connectivity index (χ0n) is 16.3. The molecule has 0 unspecified atom stereocenters. The van der Waals surface area contributed by atoms with Crippen molar-refractivity contribution in [3.05, 3.63) is 41.9 Å². The van der Waals surface area contributed by atoms with E-state index in [4.69, 9.17) is 0 Å². The number of carbonyl (C=O) groups excluding carboxylic acids is 1. The maximum absolute atomic E-state index is 12.6. The lowest BCUT2D eigenvalue weighted by Crippen LogP contribution is -2.27. The number of rotatable bonds is 5. The summed E-state index contributed by atoms with van der Waals surface area (Å²) in [4.78, 5) is 17.2. The van der Waals surface area contributed by atoms with Crippen molar-refractivity contribution in [3.8, 4) is 0 Å². The van der Waals surface area contributed by atoms with Crippen molar-refractivity contribution in [2.45, 2.75) is 38.6 Å². The second-order valence-electron chi connectivity index (χ2n) is 7.12. The number of nitrogens with one attached hydrogen (secondary N) is 2. The molecule has 1 saturated heterocycles. The summed E-state index contributed by atoms with van der Waals surface area (Å²) in [5.41, 5.74) is 2.19. The van der Waals surface area contributed by atoms with Crippen LogP contribution in [0.2, 0.25) is 0 Å². The van der Waals surface area contributed by atoms with Gasteiger partial charge in [-0.25, -0.2) is 4.68 Å². The van der Waals surface area contributed by atoms with Gasteiger partial charge in [0.25, 0.3) is 0 Å². The van der Waals surface area contributed by atoms with E-state index in [1.807, 2.05) is 19.2 Å². The molecule has 1 fully saturated rings.